The van der Waals surface area contributed by atoms with Gasteiger partial charge in [-0.1, -0.05) is 23.9 Å². The number of hydrogen-bond acceptors (Lipinski definition) is 6. The first-order chi connectivity index (χ1) is 13.0. The summed E-state index contributed by atoms with van der Waals surface area (Å²) in [7, 11) is 4.74. The van der Waals surface area contributed by atoms with Gasteiger partial charge in [-0.05, 0) is 12.1 Å². The number of benzene rings is 2. The number of para-hydroxylation sites is 1. The molecular formula is C19H19N3O4S. The number of thioether (sulfide) groups is 1. The Balaban J connectivity index is 1.74. The van der Waals surface area contributed by atoms with Gasteiger partial charge in [0.25, 0.3) is 5.56 Å². The number of hydrogen-bond donors (Lipinski definition) is 1. The summed E-state index contributed by atoms with van der Waals surface area (Å²) in [6, 6.07) is 12.3. The summed E-state index contributed by atoms with van der Waals surface area (Å²) in [6.07, 6.45) is 0. The molecule has 1 N–H and O–H groups in total. The van der Waals surface area contributed by atoms with E-state index < -0.39 is 0 Å². The van der Waals surface area contributed by atoms with Crippen LogP contribution >= 0.6 is 11.8 Å². The van der Waals surface area contributed by atoms with Gasteiger partial charge in [0.05, 0.1) is 30.9 Å². The zero-order valence-corrected chi connectivity index (χ0v) is 16.0. The highest BCUT2D eigenvalue weighted by Crippen LogP contribution is 2.26. The fraction of sp³-hybridized carbons (Fsp3) is 0.211. The minimum atomic E-state index is -0.224. The van der Waals surface area contributed by atoms with Gasteiger partial charge in [-0.15, -0.1) is 0 Å². The van der Waals surface area contributed by atoms with E-state index in [2.05, 4.69) is 10.3 Å². The van der Waals surface area contributed by atoms with Gasteiger partial charge in [-0.25, -0.2) is 4.98 Å². The van der Waals surface area contributed by atoms with Crippen molar-refractivity contribution in [3.63, 3.8) is 0 Å². The maximum Gasteiger partial charge on any atom is 0.261 e. The first kappa shape index (κ1) is 18.8. The summed E-state index contributed by atoms with van der Waals surface area (Å²) < 4.78 is 11.8. The Morgan fingerprint density at radius 1 is 1.15 bits per heavy atom. The fourth-order valence-corrected chi connectivity index (χ4v) is 3.31. The molecule has 0 atom stereocenters. The van der Waals surface area contributed by atoms with Crippen LogP contribution in [0.3, 0.4) is 0 Å². The molecule has 1 heterocycles. The van der Waals surface area contributed by atoms with E-state index in [1.54, 1.807) is 57.7 Å². The Bertz CT molecular complexity index is 1030. The molecule has 3 rings (SSSR count). The zero-order chi connectivity index (χ0) is 19.4. The van der Waals surface area contributed by atoms with Crippen molar-refractivity contribution >= 4 is 34.3 Å². The minimum absolute atomic E-state index is 0.109. The van der Waals surface area contributed by atoms with Crippen molar-refractivity contribution in [1.82, 2.24) is 9.55 Å². The molecule has 1 aromatic heterocycles. The molecule has 0 aliphatic heterocycles. The van der Waals surface area contributed by atoms with Crippen LogP contribution < -0.4 is 20.3 Å². The van der Waals surface area contributed by atoms with E-state index in [-0.39, 0.29) is 17.2 Å². The van der Waals surface area contributed by atoms with Crippen LogP contribution in [0.1, 0.15) is 0 Å². The summed E-state index contributed by atoms with van der Waals surface area (Å²) in [4.78, 5) is 29.2. The molecule has 0 unspecified atom stereocenters. The first-order valence-corrected chi connectivity index (χ1v) is 9.12. The number of aromatic nitrogens is 2. The highest BCUT2D eigenvalue weighted by Gasteiger charge is 2.11. The molecule has 8 heteroatoms. The molecule has 0 aliphatic rings. The molecule has 0 saturated heterocycles. The third kappa shape index (κ3) is 4.22. The van der Waals surface area contributed by atoms with Crippen LogP contribution in [0.2, 0.25) is 0 Å². The molecule has 27 heavy (non-hydrogen) atoms. The van der Waals surface area contributed by atoms with Gasteiger partial charge in [0.1, 0.15) is 11.5 Å². The fourth-order valence-electron chi connectivity index (χ4n) is 2.53. The van der Waals surface area contributed by atoms with Gasteiger partial charge < -0.3 is 14.8 Å². The number of methoxy groups -OCH3 is 2. The molecule has 0 spiro atoms. The Labute approximate surface area is 160 Å². The van der Waals surface area contributed by atoms with Gasteiger partial charge >= 0.3 is 0 Å². The molecule has 3 aromatic rings. The zero-order valence-electron chi connectivity index (χ0n) is 15.2. The number of nitrogens with zero attached hydrogens (tertiary/aromatic N) is 2. The van der Waals surface area contributed by atoms with Crippen LogP contribution in [0.25, 0.3) is 10.9 Å². The van der Waals surface area contributed by atoms with Crippen LogP contribution in [0.5, 0.6) is 11.5 Å². The first-order valence-electron chi connectivity index (χ1n) is 8.13. The summed E-state index contributed by atoms with van der Waals surface area (Å²) in [5.74, 6) is 1.04. The maximum atomic E-state index is 12.4. The smallest absolute Gasteiger partial charge is 0.261 e. The van der Waals surface area contributed by atoms with Crippen LogP contribution in [0, 0.1) is 0 Å². The van der Waals surface area contributed by atoms with Crippen molar-refractivity contribution in [1.29, 1.82) is 0 Å². The number of carbonyl (C=O) groups excluding carboxylic acids is 1. The number of fused-ring (bicyclic) bond motifs is 1. The highest BCUT2D eigenvalue weighted by atomic mass is 32.2. The van der Waals surface area contributed by atoms with E-state index >= 15 is 0 Å². The number of amides is 1. The molecule has 140 valence electrons. The lowest BCUT2D eigenvalue weighted by Gasteiger charge is -2.11. The van der Waals surface area contributed by atoms with Crippen molar-refractivity contribution in [2.45, 2.75) is 5.16 Å². The van der Waals surface area contributed by atoms with E-state index in [9.17, 15) is 9.59 Å². The standard InChI is InChI=1S/C19H19N3O4S/c1-22-18(24)15-6-4-5-7-16(15)21-19(22)27-11-17(23)20-12-8-13(25-2)10-14(9-12)26-3/h4-10H,11H2,1-3H3,(H,20,23). The van der Waals surface area contributed by atoms with Gasteiger partial charge in [-0.2, -0.15) is 0 Å². The molecule has 0 fully saturated rings. The van der Waals surface area contributed by atoms with E-state index in [0.717, 1.165) is 0 Å². The summed E-state index contributed by atoms with van der Waals surface area (Å²) >= 11 is 1.20. The van der Waals surface area contributed by atoms with Crippen molar-refractivity contribution in [3.8, 4) is 11.5 Å². The van der Waals surface area contributed by atoms with E-state index in [1.165, 1.54) is 16.3 Å². The predicted molar refractivity (Wildman–Crippen MR) is 106 cm³/mol. The summed E-state index contributed by atoms with van der Waals surface area (Å²) in [5, 5.41) is 3.83. The average Bonchev–Trinajstić information content (AvgIpc) is 2.69. The SMILES string of the molecule is COc1cc(NC(=O)CSc2nc3ccccc3c(=O)n2C)cc(OC)c1. The monoisotopic (exact) mass is 385 g/mol. The van der Waals surface area contributed by atoms with E-state index in [1.807, 2.05) is 6.07 Å². The quantitative estimate of drug-likeness (QED) is 0.519. The van der Waals surface area contributed by atoms with Crippen molar-refractivity contribution < 1.29 is 14.3 Å². The lowest BCUT2D eigenvalue weighted by atomic mass is 10.2. The molecule has 0 aliphatic carbocycles. The van der Waals surface area contributed by atoms with Crippen LogP contribution in [0.15, 0.2) is 52.4 Å². The summed E-state index contributed by atoms with van der Waals surface area (Å²) in [6.45, 7) is 0. The molecular weight excluding hydrogens is 366 g/mol. The number of nitrogens with one attached hydrogen (secondary N) is 1. The second-order valence-electron chi connectivity index (χ2n) is 5.71. The van der Waals surface area contributed by atoms with Crippen molar-refractivity contribution in [2.75, 3.05) is 25.3 Å². The molecule has 7 nitrogen and oxygen atoms in total. The Morgan fingerprint density at radius 3 is 2.48 bits per heavy atom. The maximum absolute atomic E-state index is 12.4. The Hall–Kier alpha value is -3.00. The van der Waals surface area contributed by atoms with Crippen molar-refractivity contribution in [3.05, 3.63) is 52.8 Å². The largest absolute Gasteiger partial charge is 0.497 e. The van der Waals surface area contributed by atoms with Gasteiger partial charge in [0, 0.05) is 30.9 Å². The molecule has 1 amide bonds. The Kier molecular flexibility index (Phi) is 5.66. The van der Waals surface area contributed by atoms with Gasteiger partial charge in [0.15, 0.2) is 5.16 Å². The number of anilines is 1. The Morgan fingerprint density at radius 2 is 1.81 bits per heavy atom. The average molecular weight is 385 g/mol. The third-order valence-corrected chi connectivity index (χ3v) is 4.94. The van der Waals surface area contributed by atoms with Crippen molar-refractivity contribution in [2.24, 2.45) is 7.05 Å². The number of ether oxygens (including phenoxy) is 2. The molecule has 0 saturated carbocycles. The van der Waals surface area contributed by atoms with Crippen LogP contribution in [-0.4, -0.2) is 35.4 Å². The lowest BCUT2D eigenvalue weighted by Crippen LogP contribution is -2.21. The second kappa shape index (κ2) is 8.13. The van der Waals surface area contributed by atoms with Gasteiger partial charge in [-0.3, -0.25) is 14.2 Å². The van der Waals surface area contributed by atoms with Crippen LogP contribution in [0.4, 0.5) is 5.69 Å². The van der Waals surface area contributed by atoms with E-state index in [0.29, 0.717) is 33.2 Å². The van der Waals surface area contributed by atoms with E-state index in [4.69, 9.17) is 9.47 Å². The second-order valence-corrected chi connectivity index (χ2v) is 6.66. The molecule has 2 aromatic carbocycles. The predicted octanol–water partition coefficient (Wildman–Crippen LogP) is 2.68. The topological polar surface area (TPSA) is 82.5 Å². The number of rotatable bonds is 6. The molecule has 0 radical (unpaired) electrons. The normalized spacial score (nSPS) is 10.6. The minimum Gasteiger partial charge on any atom is -0.497 e. The third-order valence-electron chi connectivity index (χ3n) is 3.91. The molecule has 0 bridgehead atoms. The summed E-state index contributed by atoms with van der Waals surface area (Å²) in [5.41, 5.74) is 1.04. The number of carbonyl (C=O) groups is 1. The van der Waals surface area contributed by atoms with Gasteiger partial charge in [0.2, 0.25) is 5.91 Å². The highest BCUT2D eigenvalue weighted by molar-refractivity contribution is 7.99. The van der Waals surface area contributed by atoms with Crippen LogP contribution in [-0.2, 0) is 11.8 Å². The lowest BCUT2D eigenvalue weighted by molar-refractivity contribution is -0.113.